The Morgan fingerprint density at radius 3 is 1.09 bits per heavy atom. The Morgan fingerprint density at radius 1 is 0.545 bits per heavy atom. The average Bonchev–Trinajstić information content (AvgIpc) is 2.46. The summed E-state index contributed by atoms with van der Waals surface area (Å²) in [6.45, 7) is 0. The van der Waals surface area contributed by atoms with Crippen LogP contribution < -0.4 is 0 Å². The Morgan fingerprint density at radius 2 is 0.818 bits per heavy atom. The summed E-state index contributed by atoms with van der Waals surface area (Å²) < 4.78 is 0. The average molecular weight is 333 g/mol. The second-order valence-electron chi connectivity index (χ2n) is 6.20. The van der Waals surface area contributed by atoms with Crippen LogP contribution in [-0.2, 0) is 9.59 Å². The lowest BCUT2D eigenvalue weighted by atomic mass is 10.0. The first-order chi connectivity index (χ1) is 10.6. The Kier molecular flexibility index (Phi) is 16.4. The molecule has 4 heteroatoms. The predicted molar refractivity (Wildman–Crippen MR) is 92.4 cm³/mol. The largest absolute Gasteiger partial charge is 0.481 e. The third-order valence-electron chi connectivity index (χ3n) is 4.01. The number of carbonyl (C=O) groups excluding carboxylic acids is 1. The van der Waals surface area contributed by atoms with Gasteiger partial charge in [-0.25, -0.2) is 0 Å². The highest BCUT2D eigenvalue weighted by Crippen LogP contribution is 2.13. The van der Waals surface area contributed by atoms with Crippen LogP contribution in [0.1, 0.15) is 103 Å². The number of carboxylic acids is 1. The monoisotopic (exact) mass is 332 g/mol. The molecule has 0 aromatic rings. The van der Waals surface area contributed by atoms with Crippen LogP contribution in [0.15, 0.2) is 0 Å². The van der Waals surface area contributed by atoms with Gasteiger partial charge in [-0.15, -0.1) is 0 Å². The smallest absolute Gasteiger partial charge is 0.303 e. The van der Waals surface area contributed by atoms with E-state index < -0.39 is 5.97 Å². The van der Waals surface area contributed by atoms with Gasteiger partial charge in [0.2, 0.25) is 5.24 Å². The fraction of sp³-hybridized carbons (Fsp3) is 0.889. The summed E-state index contributed by atoms with van der Waals surface area (Å²) in [7, 11) is 0. The van der Waals surface area contributed by atoms with Crippen molar-refractivity contribution in [1.82, 2.24) is 0 Å². The number of aliphatic carboxylic acids is 1. The van der Waals surface area contributed by atoms with Gasteiger partial charge in [0.05, 0.1) is 0 Å². The van der Waals surface area contributed by atoms with E-state index in [4.69, 9.17) is 16.7 Å². The second kappa shape index (κ2) is 16.8. The Bertz CT molecular complexity index is 252. The lowest BCUT2D eigenvalue weighted by molar-refractivity contribution is -0.137. The third-order valence-corrected chi connectivity index (χ3v) is 4.20. The summed E-state index contributed by atoms with van der Waals surface area (Å²) in [5, 5.41) is 8.31. The molecular weight excluding hydrogens is 300 g/mol. The van der Waals surface area contributed by atoms with Gasteiger partial charge in [0.1, 0.15) is 0 Å². The number of carboxylic acid groups (broad SMARTS) is 1. The zero-order valence-electron chi connectivity index (χ0n) is 14.0. The second-order valence-corrected chi connectivity index (χ2v) is 6.62. The Hall–Kier alpha value is -0.570. The molecular formula is C18H33ClO3. The quantitative estimate of drug-likeness (QED) is 0.259. The first-order valence-electron chi connectivity index (χ1n) is 9.03. The maximum Gasteiger partial charge on any atom is 0.303 e. The minimum absolute atomic E-state index is 0.207. The molecule has 0 rings (SSSR count). The first kappa shape index (κ1) is 21.4. The van der Waals surface area contributed by atoms with Gasteiger partial charge >= 0.3 is 5.97 Å². The molecule has 0 fully saturated rings. The van der Waals surface area contributed by atoms with Gasteiger partial charge in [0, 0.05) is 12.8 Å². The van der Waals surface area contributed by atoms with Crippen molar-refractivity contribution >= 4 is 22.8 Å². The van der Waals surface area contributed by atoms with Crippen LogP contribution in [0.3, 0.4) is 0 Å². The molecule has 22 heavy (non-hydrogen) atoms. The molecule has 0 unspecified atom stereocenters. The molecule has 0 spiro atoms. The zero-order valence-corrected chi connectivity index (χ0v) is 14.7. The zero-order chi connectivity index (χ0) is 16.5. The lowest BCUT2D eigenvalue weighted by Gasteiger charge is -2.03. The van der Waals surface area contributed by atoms with Crippen LogP contribution in [0, 0.1) is 0 Å². The van der Waals surface area contributed by atoms with Crippen molar-refractivity contribution in [3.05, 3.63) is 0 Å². The van der Waals surface area contributed by atoms with E-state index in [2.05, 4.69) is 0 Å². The summed E-state index contributed by atoms with van der Waals surface area (Å²) in [5.74, 6) is -0.674. The van der Waals surface area contributed by atoms with E-state index in [-0.39, 0.29) is 5.24 Å². The maximum absolute atomic E-state index is 10.5. The molecule has 0 aliphatic carbocycles. The van der Waals surface area contributed by atoms with E-state index in [0.29, 0.717) is 12.8 Å². The van der Waals surface area contributed by atoms with Crippen molar-refractivity contribution in [2.24, 2.45) is 0 Å². The van der Waals surface area contributed by atoms with Crippen molar-refractivity contribution in [1.29, 1.82) is 0 Å². The molecule has 1 N–H and O–H groups in total. The topological polar surface area (TPSA) is 54.4 Å². The summed E-state index contributed by atoms with van der Waals surface area (Å²) in [6, 6.07) is 0. The van der Waals surface area contributed by atoms with Crippen LogP contribution in [0.25, 0.3) is 0 Å². The molecule has 130 valence electrons. The number of carbonyl (C=O) groups is 2. The maximum atomic E-state index is 10.5. The molecule has 0 aromatic heterocycles. The molecule has 0 saturated carbocycles. The van der Waals surface area contributed by atoms with Crippen molar-refractivity contribution in [2.75, 3.05) is 0 Å². The molecule has 0 saturated heterocycles. The first-order valence-corrected chi connectivity index (χ1v) is 9.41. The predicted octanol–water partition coefficient (Wildman–Crippen LogP) is 6.08. The Labute approximate surface area is 140 Å². The number of rotatable bonds is 17. The van der Waals surface area contributed by atoms with E-state index in [9.17, 15) is 9.59 Å². The van der Waals surface area contributed by atoms with E-state index >= 15 is 0 Å². The van der Waals surface area contributed by atoms with Crippen LogP contribution in [-0.4, -0.2) is 16.3 Å². The fourth-order valence-electron chi connectivity index (χ4n) is 2.66. The minimum Gasteiger partial charge on any atom is -0.481 e. The van der Waals surface area contributed by atoms with Gasteiger partial charge in [0.25, 0.3) is 0 Å². The number of hydrogen-bond donors (Lipinski definition) is 1. The van der Waals surface area contributed by atoms with Gasteiger partial charge < -0.3 is 5.11 Å². The van der Waals surface area contributed by atoms with Crippen LogP contribution >= 0.6 is 11.6 Å². The SMILES string of the molecule is O=C(O)CCCCCCCCCCCCCCCCC(=O)Cl. The minimum atomic E-state index is -0.674. The van der Waals surface area contributed by atoms with Crippen LogP contribution in [0.5, 0.6) is 0 Å². The molecule has 0 atom stereocenters. The van der Waals surface area contributed by atoms with E-state index in [0.717, 1.165) is 25.7 Å². The number of halogens is 1. The highest BCUT2D eigenvalue weighted by molar-refractivity contribution is 6.63. The Balaban J connectivity index is 2.99. The number of unbranched alkanes of at least 4 members (excludes halogenated alkanes) is 13. The third kappa shape index (κ3) is 19.4. The summed E-state index contributed by atoms with van der Waals surface area (Å²) in [5.41, 5.74) is 0. The van der Waals surface area contributed by atoms with Crippen molar-refractivity contribution in [3.8, 4) is 0 Å². The highest BCUT2D eigenvalue weighted by atomic mass is 35.5. The van der Waals surface area contributed by atoms with E-state index in [1.807, 2.05) is 0 Å². The van der Waals surface area contributed by atoms with Gasteiger partial charge in [-0.05, 0) is 24.4 Å². The van der Waals surface area contributed by atoms with Gasteiger partial charge in [-0.1, -0.05) is 77.0 Å². The molecule has 0 bridgehead atoms. The van der Waals surface area contributed by atoms with Gasteiger partial charge in [-0.3, -0.25) is 9.59 Å². The number of hydrogen-bond acceptors (Lipinski definition) is 2. The molecule has 0 radical (unpaired) electrons. The van der Waals surface area contributed by atoms with Crippen LogP contribution in [0.4, 0.5) is 0 Å². The molecule has 0 amide bonds. The molecule has 0 aliphatic rings. The standard InChI is InChI=1S/C18H33ClO3/c19-17(20)15-13-11-9-7-5-3-1-2-4-6-8-10-12-14-16-18(21)22/h1-16H2,(H,21,22). The highest BCUT2D eigenvalue weighted by Gasteiger charge is 1.98. The summed E-state index contributed by atoms with van der Waals surface area (Å²) in [4.78, 5) is 20.9. The lowest BCUT2D eigenvalue weighted by Crippen LogP contribution is -1.93. The van der Waals surface area contributed by atoms with Gasteiger partial charge in [-0.2, -0.15) is 0 Å². The summed E-state index contributed by atoms with van der Waals surface area (Å²) >= 11 is 5.29. The molecule has 0 heterocycles. The molecule has 3 nitrogen and oxygen atoms in total. The van der Waals surface area contributed by atoms with E-state index in [1.165, 1.54) is 64.2 Å². The summed E-state index contributed by atoms with van der Waals surface area (Å²) in [6.07, 6.45) is 17.6. The van der Waals surface area contributed by atoms with Gasteiger partial charge in [0.15, 0.2) is 0 Å². The van der Waals surface area contributed by atoms with Crippen molar-refractivity contribution < 1.29 is 14.7 Å². The van der Waals surface area contributed by atoms with Crippen molar-refractivity contribution in [2.45, 2.75) is 103 Å². The van der Waals surface area contributed by atoms with E-state index in [1.54, 1.807) is 0 Å². The molecule has 0 aliphatic heterocycles. The van der Waals surface area contributed by atoms with Crippen molar-refractivity contribution in [3.63, 3.8) is 0 Å². The normalized spacial score (nSPS) is 10.8. The fourth-order valence-corrected chi connectivity index (χ4v) is 2.80. The molecule has 0 aromatic carbocycles. The van der Waals surface area contributed by atoms with Crippen LogP contribution in [0.2, 0.25) is 0 Å².